The van der Waals surface area contributed by atoms with Crippen LogP contribution in [0.15, 0.2) is 206 Å². The predicted molar refractivity (Wildman–Crippen MR) is 494 cm³/mol. The topological polar surface area (TPSA) is 439 Å². The van der Waals surface area contributed by atoms with E-state index in [1.165, 1.54) is 0 Å². The fraction of sp³-hybridized carbons (Fsp3) is 0.329. The standard InChI is InChI=1S/C18H21BrN6O.2C17H21BrN6O.C16H19BrN6O2.C14H15BrN6O/c19-15-11-22-25-16(21-10-13-4-3-6-20-9-13)8-17(23-18(15)25)24-7-2-1-5-14(24)12-26;2*1-11(2)14(10-25)22-15-6-16(20-8-12-4-3-5-19-7-12)24-17(23-15)13(18)9-21-24;17-13-11-20-23-14(19-10-12-2-1-3-18-9-12)8-15(21-16(13)23)22(4-6-24)5-7-25;15-11-9-19-21-13(18-8-10-2-1-3-16-7-10)6-12(17-4-5-22)20-14(11)21/h3-4,6,8-9,11,14,21,26H,1-2,5,7,10,12H2;2*3-7,9,11,14,20,25H,8,10H2,1-2H3,(H,22,23);1-3,8-9,11,19,24-25H,4-7,10H2;1-3,6-7,9,18,22H,4-5,8H2,(H,17,20)/t;2*14-;;/m.10../s1. The molecule has 0 radical (unpaired) electrons. The Morgan fingerprint density at radius 1 is 0.390 bits per heavy atom. The minimum absolute atomic E-state index is 0.0221. The number of piperidine rings is 1. The maximum Gasteiger partial charge on any atom is 0.173 e. The van der Waals surface area contributed by atoms with Gasteiger partial charge >= 0.3 is 0 Å². The number of nitrogens with zero attached hydrogens (tertiary/aromatic N) is 22. The van der Waals surface area contributed by atoms with Crippen LogP contribution in [0.3, 0.4) is 0 Å². The van der Waals surface area contributed by atoms with Crippen molar-refractivity contribution in [1.29, 1.82) is 0 Å². The van der Waals surface area contributed by atoms with Gasteiger partial charge in [0, 0.05) is 151 Å². The Balaban J connectivity index is 0.000000141. The zero-order valence-electron chi connectivity index (χ0n) is 67.8. The quantitative estimate of drug-likeness (QED) is 0.0182. The number of rotatable bonds is 33. The third kappa shape index (κ3) is 24.9. The number of aromatic nitrogens is 20. The van der Waals surface area contributed by atoms with Gasteiger partial charge in [0.15, 0.2) is 28.2 Å². The van der Waals surface area contributed by atoms with E-state index in [0.29, 0.717) is 98.2 Å². The Morgan fingerprint density at radius 3 is 1.05 bits per heavy atom. The molecule has 41 heteroatoms. The van der Waals surface area contributed by atoms with Crippen LogP contribution in [0.2, 0.25) is 0 Å². The molecule has 14 N–H and O–H groups in total. The molecular weight excluding hydrogens is 1900 g/mol. The molecule has 123 heavy (non-hydrogen) atoms. The van der Waals surface area contributed by atoms with Crippen LogP contribution in [0.1, 0.15) is 74.8 Å². The number of aliphatic hydroxyl groups excluding tert-OH is 6. The van der Waals surface area contributed by atoms with Gasteiger partial charge in [-0.1, -0.05) is 58.0 Å². The molecule has 0 bridgehead atoms. The third-order valence-electron chi connectivity index (χ3n) is 19.4. The van der Waals surface area contributed by atoms with E-state index < -0.39 is 0 Å². The molecule has 15 aromatic rings. The fourth-order valence-electron chi connectivity index (χ4n) is 12.8. The Hall–Kier alpha value is -11.0. The van der Waals surface area contributed by atoms with Gasteiger partial charge in [0.05, 0.1) is 111 Å². The van der Waals surface area contributed by atoms with Crippen molar-refractivity contribution in [2.45, 2.75) is 97.8 Å². The first-order chi connectivity index (χ1) is 59.9. The van der Waals surface area contributed by atoms with E-state index in [-0.39, 0.29) is 69.6 Å². The van der Waals surface area contributed by atoms with Crippen molar-refractivity contribution in [2.75, 3.05) is 118 Å². The van der Waals surface area contributed by atoms with Crippen LogP contribution in [-0.4, -0.2) is 212 Å². The Kier molecular flexibility index (Phi) is 34.1. The summed E-state index contributed by atoms with van der Waals surface area (Å²) in [7, 11) is 0. The molecule has 36 nitrogen and oxygen atoms in total. The van der Waals surface area contributed by atoms with E-state index in [9.17, 15) is 25.5 Å². The molecule has 15 aromatic heterocycles. The summed E-state index contributed by atoms with van der Waals surface area (Å²) >= 11 is 17.4. The summed E-state index contributed by atoms with van der Waals surface area (Å²) < 4.78 is 12.8. The average Bonchev–Trinajstić information content (AvgIpc) is 1.70. The average molecular weight is 2000 g/mol. The first-order valence-corrected chi connectivity index (χ1v) is 43.7. The van der Waals surface area contributed by atoms with Crippen LogP contribution >= 0.6 is 79.6 Å². The van der Waals surface area contributed by atoms with E-state index in [1.54, 1.807) is 90.7 Å². The molecule has 0 spiro atoms. The first kappa shape index (κ1) is 91.2. The van der Waals surface area contributed by atoms with Crippen molar-refractivity contribution in [3.05, 3.63) is 234 Å². The molecule has 1 fully saturated rings. The van der Waals surface area contributed by atoms with Gasteiger partial charge in [-0.2, -0.15) is 48.1 Å². The number of hydrogen-bond acceptors (Lipinski definition) is 31. The Bertz CT molecular complexity index is 5620. The van der Waals surface area contributed by atoms with Gasteiger partial charge in [-0.05, 0) is 169 Å². The van der Waals surface area contributed by atoms with Crippen molar-refractivity contribution >= 4 is 166 Å². The van der Waals surface area contributed by atoms with Crippen LogP contribution in [0.25, 0.3) is 28.2 Å². The van der Waals surface area contributed by atoms with Crippen LogP contribution in [0.4, 0.5) is 58.2 Å². The second kappa shape index (κ2) is 45.9. The van der Waals surface area contributed by atoms with Crippen LogP contribution in [-0.2, 0) is 32.7 Å². The number of nitrogens with one attached hydrogen (secondary N) is 8. The van der Waals surface area contributed by atoms with Crippen LogP contribution < -0.4 is 52.3 Å². The summed E-state index contributed by atoms with van der Waals surface area (Å²) in [4.78, 5) is 47.7. The van der Waals surface area contributed by atoms with Gasteiger partial charge in [0.2, 0.25) is 0 Å². The molecule has 0 saturated carbocycles. The van der Waals surface area contributed by atoms with Gasteiger partial charge in [-0.3, -0.25) is 24.9 Å². The van der Waals surface area contributed by atoms with E-state index in [2.05, 4.69) is 225 Å². The number of hydrogen-bond donors (Lipinski definition) is 14. The molecular formula is C82H97Br5N30O6. The summed E-state index contributed by atoms with van der Waals surface area (Å²) in [5, 5.41) is 105. The van der Waals surface area contributed by atoms with Gasteiger partial charge in [0.1, 0.15) is 58.2 Å². The fourth-order valence-corrected chi connectivity index (χ4v) is 14.5. The molecule has 646 valence electrons. The van der Waals surface area contributed by atoms with E-state index in [4.69, 9.17) is 10.1 Å². The molecule has 1 saturated heterocycles. The van der Waals surface area contributed by atoms with Crippen LogP contribution in [0, 0.1) is 11.8 Å². The lowest BCUT2D eigenvalue weighted by atomic mass is 10.0. The SMILES string of the molecule is CC(C)[C@@H](CO)Nc1cc(NCc2cccnc2)n2ncc(Br)c2n1.CC(C)[C@H](CO)Nc1cc(NCc2cccnc2)n2ncc(Br)c2n1.OCC1CCCCN1c1cc(NCc2cccnc2)n2ncc(Br)c2n1.OCCN(CCO)c1cc(NCc2cccnc2)n2ncc(Br)c2n1.OCCNc1cc(NCc2cccnc2)n2ncc(Br)c2n1. The Morgan fingerprint density at radius 2 is 0.724 bits per heavy atom. The summed E-state index contributed by atoms with van der Waals surface area (Å²) in [5.41, 5.74) is 8.90. The van der Waals surface area contributed by atoms with Crippen molar-refractivity contribution in [2.24, 2.45) is 11.8 Å². The molecule has 16 heterocycles. The van der Waals surface area contributed by atoms with Crippen molar-refractivity contribution in [3.8, 4) is 0 Å². The lowest BCUT2D eigenvalue weighted by Gasteiger charge is -2.35. The monoisotopic (exact) mass is 1990 g/mol. The highest BCUT2D eigenvalue weighted by atomic mass is 79.9. The minimum atomic E-state index is -0.0668. The smallest absolute Gasteiger partial charge is 0.173 e. The lowest BCUT2D eigenvalue weighted by Crippen LogP contribution is -2.42. The maximum atomic E-state index is 9.75. The third-order valence-corrected chi connectivity index (χ3v) is 22.2. The summed E-state index contributed by atoms with van der Waals surface area (Å²) in [6.45, 7) is 13.7. The Labute approximate surface area is 751 Å². The summed E-state index contributed by atoms with van der Waals surface area (Å²) in [6, 6.07) is 29.1. The highest BCUT2D eigenvalue weighted by Crippen LogP contribution is 2.32. The van der Waals surface area contributed by atoms with Crippen molar-refractivity contribution in [3.63, 3.8) is 0 Å². The van der Waals surface area contributed by atoms with Crippen molar-refractivity contribution in [1.82, 2.24) is 97.9 Å². The number of aliphatic hydroxyl groups is 6. The minimum Gasteiger partial charge on any atom is -0.395 e. The largest absolute Gasteiger partial charge is 0.395 e. The molecule has 0 amide bonds. The summed E-state index contributed by atoms with van der Waals surface area (Å²) in [5.74, 6) is 8.19. The number of anilines is 10. The van der Waals surface area contributed by atoms with Gasteiger partial charge in [-0.15, -0.1) is 0 Å². The van der Waals surface area contributed by atoms with E-state index in [0.717, 1.165) is 117 Å². The number of fused-ring (bicyclic) bond motifs is 5. The maximum absolute atomic E-state index is 9.75. The van der Waals surface area contributed by atoms with Crippen LogP contribution in [0.5, 0.6) is 0 Å². The van der Waals surface area contributed by atoms with Gasteiger partial charge in [0.25, 0.3) is 0 Å². The van der Waals surface area contributed by atoms with Gasteiger partial charge < -0.3 is 83.0 Å². The second-order valence-corrected chi connectivity index (χ2v) is 33.0. The molecule has 1 aliphatic rings. The second-order valence-electron chi connectivity index (χ2n) is 28.8. The number of halogens is 5. The molecule has 16 rings (SSSR count). The van der Waals surface area contributed by atoms with E-state index in [1.807, 2.05) is 121 Å². The molecule has 3 atom stereocenters. The first-order valence-electron chi connectivity index (χ1n) is 39.7. The normalized spacial score (nSPS) is 13.0. The zero-order chi connectivity index (χ0) is 86.6. The van der Waals surface area contributed by atoms with Gasteiger partial charge in [-0.25, -0.2) is 24.9 Å². The molecule has 1 aliphatic heterocycles. The van der Waals surface area contributed by atoms with Crippen molar-refractivity contribution < 1.29 is 30.6 Å². The molecule has 1 unspecified atom stereocenters. The summed E-state index contributed by atoms with van der Waals surface area (Å²) in [6.07, 6.45) is 29.7. The lowest BCUT2D eigenvalue weighted by molar-refractivity contribution is 0.239. The molecule has 0 aliphatic carbocycles. The predicted octanol–water partition coefficient (Wildman–Crippen LogP) is 11.9. The molecule has 0 aromatic carbocycles. The highest BCUT2D eigenvalue weighted by Gasteiger charge is 2.26. The van der Waals surface area contributed by atoms with E-state index >= 15 is 0 Å². The zero-order valence-corrected chi connectivity index (χ0v) is 75.8. The number of pyridine rings is 5. The highest BCUT2D eigenvalue weighted by molar-refractivity contribution is 9.11.